The molecule has 0 bridgehead atoms. The van der Waals surface area contributed by atoms with E-state index in [9.17, 15) is 43.9 Å². The van der Waals surface area contributed by atoms with Crippen molar-refractivity contribution < 1.29 is 49.0 Å². The molecule has 0 aromatic heterocycles. The lowest BCUT2D eigenvalue weighted by Crippen LogP contribution is -2.39. The molecule has 0 spiro atoms. The molecule has 0 fully saturated rings. The fourth-order valence-electron chi connectivity index (χ4n) is 1.64. The molecule has 0 aliphatic heterocycles. The summed E-state index contributed by atoms with van der Waals surface area (Å²) in [6, 6.07) is 0. The van der Waals surface area contributed by atoms with E-state index < -0.39 is 69.1 Å². The van der Waals surface area contributed by atoms with Gasteiger partial charge in [0.15, 0.2) is 58.2 Å². The fourth-order valence-corrected chi connectivity index (χ4v) is 1.64. The zero-order valence-electron chi connectivity index (χ0n) is 12.5. The summed E-state index contributed by atoms with van der Waals surface area (Å²) in [5.74, 6) is -24.9. The molecule has 1 N–H and O–H groups in total. The average molecular weight is 391 g/mol. The van der Waals surface area contributed by atoms with E-state index in [2.05, 4.69) is 0 Å². The van der Waals surface area contributed by atoms with Gasteiger partial charge in [0.25, 0.3) is 0 Å². The lowest BCUT2D eigenvalue weighted by atomic mass is 9.62. The molecule has 0 atom stereocenters. The molecule has 0 heterocycles. The van der Waals surface area contributed by atoms with Crippen LogP contribution in [0.2, 0.25) is 0 Å². The van der Waals surface area contributed by atoms with Gasteiger partial charge in [-0.15, -0.1) is 0 Å². The van der Waals surface area contributed by atoms with E-state index in [1.54, 1.807) is 6.92 Å². The first kappa shape index (κ1) is 21.8. The number of hydrogen-bond donors (Lipinski definition) is 1. The maximum atomic E-state index is 13.4. The van der Waals surface area contributed by atoms with Crippen LogP contribution in [0.15, 0.2) is 0 Å². The zero-order chi connectivity index (χ0) is 20.3. The molecule has 0 aliphatic carbocycles. The Bertz CT molecular complexity index is 714. The number of aliphatic hydroxyl groups is 1. The number of aliphatic hydroxyl groups excluding tert-OH is 1. The first-order valence-electron chi connectivity index (χ1n) is 6.49. The molecule has 141 valence electrons. The van der Waals surface area contributed by atoms with Crippen molar-refractivity contribution in [1.29, 1.82) is 0 Å². The Morgan fingerprint density at radius 1 is 0.500 bits per heavy atom. The maximum absolute atomic E-state index is 13.4. The van der Waals surface area contributed by atoms with Crippen molar-refractivity contribution in [3.63, 3.8) is 0 Å². The summed E-state index contributed by atoms with van der Waals surface area (Å²) >= 11 is 0. The highest BCUT2D eigenvalue weighted by molar-refractivity contribution is 6.67. The van der Waals surface area contributed by atoms with Gasteiger partial charge in [-0.05, 0) is 17.8 Å². The molecular weight excluding hydrogens is 385 g/mol. The molecule has 0 saturated carbocycles. The van der Waals surface area contributed by atoms with Crippen LogP contribution < -0.4 is 10.9 Å². The minimum atomic E-state index is -2.55. The highest BCUT2D eigenvalue weighted by atomic mass is 19.2. The largest absolute Gasteiger partial charge is 0.397 e. The van der Waals surface area contributed by atoms with Gasteiger partial charge >= 0.3 is 0 Å². The van der Waals surface area contributed by atoms with Gasteiger partial charge in [0, 0.05) is 6.61 Å². The SMILES string of the molecule is CCO.Fc1c(F)c(F)c([B]c2c(F)c(F)c(F)c(F)c2F)c(F)c1F. The maximum Gasteiger partial charge on any atom is 0.207 e. The predicted octanol–water partition coefficient (Wildman–Crippen LogP) is 2.73. The van der Waals surface area contributed by atoms with Crippen LogP contribution in [-0.4, -0.2) is 19.0 Å². The molecular formula is C14H6BF10O. The van der Waals surface area contributed by atoms with E-state index in [1.165, 1.54) is 0 Å². The lowest BCUT2D eigenvalue weighted by molar-refractivity contribution is 0.318. The first-order chi connectivity index (χ1) is 12.0. The first-order valence-corrected chi connectivity index (χ1v) is 6.49. The predicted molar refractivity (Wildman–Crippen MR) is 70.2 cm³/mol. The Labute approximate surface area is 140 Å². The number of benzene rings is 2. The third-order valence-corrected chi connectivity index (χ3v) is 2.78. The molecule has 1 radical (unpaired) electrons. The summed E-state index contributed by atoms with van der Waals surface area (Å²) in [5.41, 5.74) is -3.71. The van der Waals surface area contributed by atoms with Crippen LogP contribution in [-0.2, 0) is 0 Å². The number of halogens is 10. The van der Waals surface area contributed by atoms with Crippen LogP contribution in [0.1, 0.15) is 6.92 Å². The molecule has 2 aromatic rings. The van der Waals surface area contributed by atoms with Gasteiger partial charge in [0.05, 0.1) is 0 Å². The van der Waals surface area contributed by atoms with Crippen LogP contribution in [0.25, 0.3) is 0 Å². The Morgan fingerprint density at radius 3 is 0.846 bits per heavy atom. The summed E-state index contributed by atoms with van der Waals surface area (Å²) in [6.07, 6.45) is 0. The van der Waals surface area contributed by atoms with Gasteiger partial charge in [-0.3, -0.25) is 0 Å². The topological polar surface area (TPSA) is 20.2 Å². The summed E-state index contributed by atoms with van der Waals surface area (Å²) in [5, 5.41) is 7.57. The molecule has 2 aromatic carbocycles. The number of hydrogen-bond acceptors (Lipinski definition) is 1. The van der Waals surface area contributed by atoms with Gasteiger partial charge in [-0.2, -0.15) is 0 Å². The smallest absolute Gasteiger partial charge is 0.207 e. The van der Waals surface area contributed by atoms with Crippen LogP contribution >= 0.6 is 0 Å². The van der Waals surface area contributed by atoms with Crippen LogP contribution in [0.3, 0.4) is 0 Å². The molecule has 1 nitrogen and oxygen atoms in total. The van der Waals surface area contributed by atoms with Crippen molar-refractivity contribution in [2.24, 2.45) is 0 Å². The van der Waals surface area contributed by atoms with Crippen molar-refractivity contribution in [2.75, 3.05) is 6.61 Å². The Hall–Kier alpha value is -2.24. The van der Waals surface area contributed by atoms with Crippen LogP contribution in [0, 0.1) is 58.2 Å². The zero-order valence-corrected chi connectivity index (χ0v) is 12.5. The monoisotopic (exact) mass is 391 g/mol. The van der Waals surface area contributed by atoms with E-state index in [1.807, 2.05) is 0 Å². The van der Waals surface area contributed by atoms with Gasteiger partial charge in [0.1, 0.15) is 0 Å². The molecule has 0 unspecified atom stereocenters. The van der Waals surface area contributed by atoms with E-state index in [-0.39, 0.29) is 13.9 Å². The minimum Gasteiger partial charge on any atom is -0.397 e. The molecule has 2 rings (SSSR count). The minimum absolute atomic E-state index is 0.250. The van der Waals surface area contributed by atoms with Crippen molar-refractivity contribution >= 4 is 18.2 Å². The molecule has 0 aliphatic rings. The third kappa shape index (κ3) is 3.79. The quantitative estimate of drug-likeness (QED) is 0.362. The Balaban J connectivity index is 0.00000105. The van der Waals surface area contributed by atoms with Crippen LogP contribution in [0.5, 0.6) is 0 Å². The molecule has 0 saturated heterocycles. The molecule has 26 heavy (non-hydrogen) atoms. The van der Waals surface area contributed by atoms with E-state index >= 15 is 0 Å². The normalized spacial score (nSPS) is 10.5. The Morgan fingerprint density at radius 2 is 0.654 bits per heavy atom. The molecule has 12 heteroatoms. The van der Waals surface area contributed by atoms with Crippen molar-refractivity contribution in [3.05, 3.63) is 58.2 Å². The highest BCUT2D eigenvalue weighted by Crippen LogP contribution is 2.18. The fraction of sp³-hybridized carbons (Fsp3) is 0.143. The van der Waals surface area contributed by atoms with Crippen LogP contribution in [0.4, 0.5) is 43.9 Å². The third-order valence-electron chi connectivity index (χ3n) is 2.78. The van der Waals surface area contributed by atoms with Crippen molar-refractivity contribution in [2.45, 2.75) is 6.92 Å². The second kappa shape index (κ2) is 8.43. The average Bonchev–Trinajstić information content (AvgIpc) is 2.61. The highest BCUT2D eigenvalue weighted by Gasteiger charge is 2.31. The van der Waals surface area contributed by atoms with Gasteiger partial charge in [-0.1, -0.05) is 0 Å². The van der Waals surface area contributed by atoms with Gasteiger partial charge in [0.2, 0.25) is 7.28 Å². The molecule has 0 amide bonds. The Kier molecular flexibility index (Phi) is 7.07. The lowest BCUT2D eigenvalue weighted by Gasteiger charge is -2.10. The summed E-state index contributed by atoms with van der Waals surface area (Å²) in [6.45, 7) is 1.93. The van der Waals surface area contributed by atoms with Crippen molar-refractivity contribution in [3.8, 4) is 0 Å². The van der Waals surface area contributed by atoms with E-state index in [0.717, 1.165) is 0 Å². The van der Waals surface area contributed by atoms with Gasteiger partial charge in [-0.25, -0.2) is 43.9 Å². The summed E-state index contributed by atoms with van der Waals surface area (Å²) in [7, 11) is -0.369. The second-order valence-electron chi connectivity index (χ2n) is 4.43. The second-order valence-corrected chi connectivity index (χ2v) is 4.43. The van der Waals surface area contributed by atoms with Crippen molar-refractivity contribution in [1.82, 2.24) is 0 Å². The van der Waals surface area contributed by atoms with E-state index in [0.29, 0.717) is 0 Å². The summed E-state index contributed by atoms with van der Waals surface area (Å²) in [4.78, 5) is 0. The van der Waals surface area contributed by atoms with Gasteiger partial charge < -0.3 is 5.11 Å². The standard InChI is InChI=1S/C12BF10.C2H6O/c14-3-1(4(15)8(19)11(22)7(3)18)13-2-5(16)9(20)12(23)10(21)6(2)17;1-2-3/h;3H,2H2,1H3. The van der Waals surface area contributed by atoms with E-state index in [4.69, 9.17) is 5.11 Å². The number of rotatable bonds is 2. The summed E-state index contributed by atoms with van der Waals surface area (Å²) < 4.78 is 131.